The highest BCUT2D eigenvalue weighted by Gasteiger charge is 2.23. The van der Waals surface area contributed by atoms with Gasteiger partial charge in [0, 0.05) is 24.5 Å². The Morgan fingerprint density at radius 3 is 2.62 bits per heavy atom. The Hall–Kier alpha value is -3.28. The third-order valence-electron chi connectivity index (χ3n) is 4.26. The largest absolute Gasteiger partial charge is 0.493 e. The summed E-state index contributed by atoms with van der Waals surface area (Å²) >= 11 is 0. The van der Waals surface area contributed by atoms with Crippen molar-refractivity contribution >= 4 is 29.3 Å². The molecule has 0 atom stereocenters. The van der Waals surface area contributed by atoms with E-state index in [9.17, 15) is 9.59 Å². The summed E-state index contributed by atoms with van der Waals surface area (Å²) in [4.78, 5) is 25.5. The number of nitrogens with one attached hydrogen (secondary N) is 1. The summed E-state index contributed by atoms with van der Waals surface area (Å²) in [6, 6.07) is 10.9. The van der Waals surface area contributed by atoms with Gasteiger partial charge in [0.25, 0.3) is 0 Å². The van der Waals surface area contributed by atoms with Crippen molar-refractivity contribution < 1.29 is 19.1 Å². The quantitative estimate of drug-likeness (QED) is 0.840. The fourth-order valence-electron chi connectivity index (χ4n) is 2.86. The molecule has 0 fully saturated rings. The zero-order chi connectivity index (χ0) is 18.7. The third-order valence-corrected chi connectivity index (χ3v) is 4.26. The molecule has 1 aliphatic heterocycles. The predicted octanol–water partition coefficient (Wildman–Crippen LogP) is 2.87. The fraction of sp³-hybridized carbons (Fsp3) is 0.200. The van der Waals surface area contributed by atoms with E-state index in [0.717, 1.165) is 16.8 Å². The molecule has 2 aromatic carbocycles. The van der Waals surface area contributed by atoms with Crippen molar-refractivity contribution in [3.05, 3.63) is 53.6 Å². The Kier molecular flexibility index (Phi) is 4.93. The molecule has 2 aromatic rings. The van der Waals surface area contributed by atoms with Crippen LogP contribution in [0.25, 0.3) is 6.08 Å². The molecule has 6 heteroatoms. The highest BCUT2D eigenvalue weighted by molar-refractivity contribution is 6.04. The molecular formula is C20H20N2O4. The first-order chi connectivity index (χ1) is 12.5. The second-order valence-corrected chi connectivity index (χ2v) is 5.91. The number of methoxy groups -OCH3 is 2. The minimum absolute atomic E-state index is 0.0526. The van der Waals surface area contributed by atoms with Crippen LogP contribution in [-0.4, -0.2) is 33.1 Å². The van der Waals surface area contributed by atoms with Crippen LogP contribution in [-0.2, 0) is 16.0 Å². The molecule has 0 saturated carbocycles. The molecule has 6 nitrogen and oxygen atoms in total. The topological polar surface area (TPSA) is 67.9 Å². The molecule has 0 radical (unpaired) electrons. The van der Waals surface area contributed by atoms with Crippen LogP contribution in [0.5, 0.6) is 11.5 Å². The normalized spacial score (nSPS) is 13.0. The van der Waals surface area contributed by atoms with E-state index in [-0.39, 0.29) is 11.8 Å². The minimum Gasteiger partial charge on any atom is -0.493 e. The highest BCUT2D eigenvalue weighted by Crippen LogP contribution is 2.30. The lowest BCUT2D eigenvalue weighted by Crippen LogP contribution is -2.20. The van der Waals surface area contributed by atoms with Crippen molar-refractivity contribution in [2.75, 3.05) is 31.5 Å². The molecule has 3 rings (SSSR count). The number of anilines is 2. The van der Waals surface area contributed by atoms with E-state index < -0.39 is 0 Å². The average Bonchev–Trinajstić information content (AvgIpc) is 2.93. The van der Waals surface area contributed by atoms with E-state index in [1.165, 1.54) is 6.08 Å². The lowest BCUT2D eigenvalue weighted by molar-refractivity contribution is -0.117. The van der Waals surface area contributed by atoms with Gasteiger partial charge in [-0.3, -0.25) is 9.59 Å². The number of hydrogen-bond donors (Lipinski definition) is 1. The van der Waals surface area contributed by atoms with Crippen molar-refractivity contribution in [3.63, 3.8) is 0 Å². The van der Waals surface area contributed by atoms with Crippen LogP contribution < -0.4 is 19.7 Å². The van der Waals surface area contributed by atoms with Crippen molar-refractivity contribution in [2.45, 2.75) is 6.42 Å². The Morgan fingerprint density at radius 1 is 1.12 bits per heavy atom. The van der Waals surface area contributed by atoms with Gasteiger partial charge in [-0.2, -0.15) is 0 Å². The highest BCUT2D eigenvalue weighted by atomic mass is 16.5. The molecule has 0 unspecified atom stereocenters. The number of ether oxygens (including phenoxy) is 2. The van der Waals surface area contributed by atoms with Crippen molar-refractivity contribution in [2.24, 2.45) is 0 Å². The molecule has 1 heterocycles. The molecule has 0 aromatic heterocycles. The number of benzene rings is 2. The van der Waals surface area contributed by atoms with Crippen LogP contribution in [0.2, 0.25) is 0 Å². The van der Waals surface area contributed by atoms with Gasteiger partial charge in [0.1, 0.15) is 0 Å². The maximum atomic E-state index is 12.2. The average molecular weight is 352 g/mol. The smallest absolute Gasteiger partial charge is 0.248 e. The number of nitrogens with zero attached hydrogens (tertiary/aromatic N) is 1. The van der Waals surface area contributed by atoms with E-state index in [0.29, 0.717) is 23.6 Å². The lowest BCUT2D eigenvalue weighted by atomic mass is 10.1. The van der Waals surface area contributed by atoms with Crippen molar-refractivity contribution in [1.82, 2.24) is 0 Å². The number of hydrogen-bond acceptors (Lipinski definition) is 4. The molecule has 134 valence electrons. The van der Waals surface area contributed by atoms with Gasteiger partial charge in [0.2, 0.25) is 11.8 Å². The summed E-state index contributed by atoms with van der Waals surface area (Å²) < 4.78 is 10.4. The van der Waals surface area contributed by atoms with E-state index in [4.69, 9.17) is 9.47 Å². The number of carbonyl (C=O) groups excluding carboxylic acids is 2. The molecule has 0 bridgehead atoms. The number of rotatable bonds is 5. The first kappa shape index (κ1) is 17.5. The van der Waals surface area contributed by atoms with E-state index in [1.807, 2.05) is 18.2 Å². The van der Waals surface area contributed by atoms with Gasteiger partial charge in [-0.15, -0.1) is 0 Å². The Balaban J connectivity index is 1.69. The molecular weight excluding hydrogens is 332 g/mol. The zero-order valence-corrected chi connectivity index (χ0v) is 14.9. The Morgan fingerprint density at radius 2 is 1.88 bits per heavy atom. The van der Waals surface area contributed by atoms with Gasteiger partial charge in [0.15, 0.2) is 11.5 Å². The van der Waals surface area contributed by atoms with Gasteiger partial charge in [-0.1, -0.05) is 6.07 Å². The SMILES string of the molecule is COc1ccc(/C=C/C(=O)Nc2ccc3c(c2)CC(=O)N3C)cc1OC. The molecule has 1 N–H and O–H groups in total. The van der Waals surface area contributed by atoms with Crippen LogP contribution in [0.15, 0.2) is 42.5 Å². The zero-order valence-electron chi connectivity index (χ0n) is 14.9. The van der Waals surface area contributed by atoms with Gasteiger partial charge in [0.05, 0.1) is 20.6 Å². The summed E-state index contributed by atoms with van der Waals surface area (Å²) in [6.07, 6.45) is 3.50. The minimum atomic E-state index is -0.252. The number of amides is 2. The van der Waals surface area contributed by atoms with Crippen LogP contribution >= 0.6 is 0 Å². The summed E-state index contributed by atoms with van der Waals surface area (Å²) in [6.45, 7) is 0. The summed E-state index contributed by atoms with van der Waals surface area (Å²) in [5.74, 6) is 1.03. The van der Waals surface area contributed by atoms with Gasteiger partial charge in [-0.05, 0) is 47.5 Å². The van der Waals surface area contributed by atoms with Crippen molar-refractivity contribution in [3.8, 4) is 11.5 Å². The molecule has 0 aliphatic carbocycles. The van der Waals surface area contributed by atoms with Gasteiger partial charge in [-0.25, -0.2) is 0 Å². The maximum Gasteiger partial charge on any atom is 0.248 e. The van der Waals surface area contributed by atoms with Crippen LogP contribution in [0.1, 0.15) is 11.1 Å². The summed E-state index contributed by atoms with van der Waals surface area (Å²) in [5, 5.41) is 2.81. The standard InChI is InChI=1S/C20H20N2O4/c1-22-16-7-6-15(11-14(16)12-20(22)24)21-19(23)9-5-13-4-8-17(25-2)18(10-13)26-3/h4-11H,12H2,1-3H3,(H,21,23)/b9-5+. The molecule has 26 heavy (non-hydrogen) atoms. The van der Waals surface area contributed by atoms with Crippen molar-refractivity contribution in [1.29, 1.82) is 0 Å². The fourth-order valence-corrected chi connectivity index (χ4v) is 2.86. The lowest BCUT2D eigenvalue weighted by Gasteiger charge is -2.10. The molecule has 0 spiro atoms. The molecule has 2 amide bonds. The van der Waals surface area contributed by atoms with Crippen LogP contribution in [0.3, 0.4) is 0 Å². The maximum absolute atomic E-state index is 12.2. The first-order valence-electron chi connectivity index (χ1n) is 8.12. The molecule has 0 saturated heterocycles. The third kappa shape index (κ3) is 3.54. The monoisotopic (exact) mass is 352 g/mol. The van der Waals surface area contributed by atoms with E-state index in [2.05, 4.69) is 5.32 Å². The van der Waals surface area contributed by atoms with Crippen LogP contribution in [0, 0.1) is 0 Å². The van der Waals surface area contributed by atoms with E-state index >= 15 is 0 Å². The predicted molar refractivity (Wildman–Crippen MR) is 101 cm³/mol. The van der Waals surface area contributed by atoms with Crippen LogP contribution in [0.4, 0.5) is 11.4 Å². The second-order valence-electron chi connectivity index (χ2n) is 5.91. The Bertz CT molecular complexity index is 889. The van der Waals surface area contributed by atoms with E-state index in [1.54, 1.807) is 50.4 Å². The summed E-state index contributed by atoms with van der Waals surface area (Å²) in [5.41, 5.74) is 3.28. The summed E-state index contributed by atoms with van der Waals surface area (Å²) in [7, 11) is 4.88. The number of likely N-dealkylation sites (N-methyl/N-ethyl adjacent to an activating group) is 1. The Labute approximate surface area is 152 Å². The van der Waals surface area contributed by atoms with Gasteiger partial charge >= 0.3 is 0 Å². The second kappa shape index (κ2) is 7.31. The first-order valence-corrected chi connectivity index (χ1v) is 8.12. The van der Waals surface area contributed by atoms with Gasteiger partial charge < -0.3 is 19.7 Å². The number of fused-ring (bicyclic) bond motifs is 1. The molecule has 1 aliphatic rings. The number of carbonyl (C=O) groups is 2.